The summed E-state index contributed by atoms with van der Waals surface area (Å²) in [6.45, 7) is 3.14. The summed E-state index contributed by atoms with van der Waals surface area (Å²) in [6.07, 6.45) is -0.104. The van der Waals surface area contributed by atoms with Crippen molar-refractivity contribution < 1.29 is 19.2 Å². The van der Waals surface area contributed by atoms with Crippen LogP contribution in [0.2, 0.25) is 0 Å². The smallest absolute Gasteiger partial charge is 0.324 e. The van der Waals surface area contributed by atoms with Crippen molar-refractivity contribution in [3.8, 4) is 0 Å². The normalized spacial score (nSPS) is 15.3. The van der Waals surface area contributed by atoms with E-state index >= 15 is 0 Å². The van der Waals surface area contributed by atoms with Crippen molar-refractivity contribution in [2.24, 2.45) is 0 Å². The third kappa shape index (κ3) is 5.05. The molecule has 0 radical (unpaired) electrons. The molecule has 0 aromatic heterocycles. The molecule has 0 unspecified atom stereocenters. The minimum atomic E-state index is -0.970. The average molecular weight is 414 g/mol. The molecule has 152 valence electrons. The highest BCUT2D eigenvalue weighted by Crippen LogP contribution is 2.23. The Morgan fingerprint density at radius 1 is 1.03 bits per heavy atom. The maximum absolute atomic E-state index is 12.1. The van der Waals surface area contributed by atoms with Crippen molar-refractivity contribution in [3.63, 3.8) is 0 Å². The fraction of sp³-hybridized carbons (Fsp3) is 0.300. The summed E-state index contributed by atoms with van der Waals surface area (Å²) in [7, 11) is 0. The zero-order valence-corrected chi connectivity index (χ0v) is 17.0. The third-order valence-electron chi connectivity index (χ3n) is 4.44. The van der Waals surface area contributed by atoms with E-state index in [1.165, 1.54) is 11.8 Å². The van der Waals surface area contributed by atoms with Crippen LogP contribution in [0.5, 0.6) is 0 Å². The van der Waals surface area contributed by atoms with E-state index in [0.717, 1.165) is 20.6 Å². The van der Waals surface area contributed by atoms with Crippen molar-refractivity contribution in [1.82, 2.24) is 21.1 Å². The maximum Gasteiger partial charge on any atom is 0.325 e. The monoisotopic (exact) mass is 414 g/mol. The van der Waals surface area contributed by atoms with E-state index in [1.54, 1.807) is 13.8 Å². The van der Waals surface area contributed by atoms with E-state index in [4.69, 9.17) is 0 Å². The number of carbonyl (C=O) groups is 4. The highest BCUT2D eigenvalue weighted by atomic mass is 32.2. The average Bonchev–Trinajstić information content (AvgIpc) is 2.89. The number of urea groups is 1. The molecule has 1 saturated heterocycles. The van der Waals surface area contributed by atoms with Gasteiger partial charge in [-0.05, 0) is 36.8 Å². The van der Waals surface area contributed by atoms with Crippen LogP contribution in [-0.4, -0.2) is 46.5 Å². The van der Waals surface area contributed by atoms with Crippen LogP contribution < -0.4 is 16.2 Å². The Bertz CT molecular complexity index is 976. The highest BCUT2D eigenvalue weighted by molar-refractivity contribution is 8.00. The van der Waals surface area contributed by atoms with Crippen LogP contribution in [-0.2, 0) is 14.4 Å². The third-order valence-corrected chi connectivity index (χ3v) is 5.43. The number of rotatable bonds is 6. The Morgan fingerprint density at radius 3 is 2.41 bits per heavy atom. The van der Waals surface area contributed by atoms with Crippen LogP contribution in [0.4, 0.5) is 4.79 Å². The molecule has 0 bridgehead atoms. The lowest BCUT2D eigenvalue weighted by atomic mass is 10.1. The SMILES string of the molecule is CC1(C)NC(=O)N(CCC(=O)NNC(=O)CSc2ccc3ccccc3c2)C1=O. The summed E-state index contributed by atoms with van der Waals surface area (Å²) in [5, 5.41) is 4.76. The van der Waals surface area contributed by atoms with E-state index < -0.39 is 17.5 Å². The van der Waals surface area contributed by atoms with Crippen LogP contribution in [0.15, 0.2) is 47.4 Å². The van der Waals surface area contributed by atoms with E-state index in [9.17, 15) is 19.2 Å². The van der Waals surface area contributed by atoms with Gasteiger partial charge in [0.25, 0.3) is 5.91 Å². The molecular weight excluding hydrogens is 392 g/mol. The standard InChI is InChI=1S/C20H22N4O4S/c1-20(2)18(27)24(19(28)21-20)10-9-16(25)22-23-17(26)12-29-15-8-7-13-5-3-4-6-14(13)11-15/h3-8,11H,9-10,12H2,1-2H3,(H,21,28)(H,22,25)(H,23,26). The lowest BCUT2D eigenvalue weighted by Gasteiger charge is -2.15. The molecular formula is C20H22N4O4S. The van der Waals surface area contributed by atoms with Gasteiger partial charge in [-0.15, -0.1) is 11.8 Å². The number of nitrogens with zero attached hydrogens (tertiary/aromatic N) is 1. The number of hydrogen-bond acceptors (Lipinski definition) is 5. The highest BCUT2D eigenvalue weighted by Gasteiger charge is 2.43. The number of benzene rings is 2. The van der Waals surface area contributed by atoms with Crippen LogP contribution >= 0.6 is 11.8 Å². The van der Waals surface area contributed by atoms with Gasteiger partial charge in [-0.1, -0.05) is 30.3 Å². The number of hydrazine groups is 1. The Balaban J connectivity index is 1.40. The van der Waals surface area contributed by atoms with Gasteiger partial charge in [0, 0.05) is 17.9 Å². The fourth-order valence-electron chi connectivity index (χ4n) is 2.88. The van der Waals surface area contributed by atoms with Crippen LogP contribution in [0.25, 0.3) is 10.8 Å². The summed E-state index contributed by atoms with van der Waals surface area (Å²) in [5.74, 6) is -1.09. The Morgan fingerprint density at radius 2 is 1.72 bits per heavy atom. The second-order valence-corrected chi connectivity index (χ2v) is 8.20. The topological polar surface area (TPSA) is 108 Å². The van der Waals surface area contributed by atoms with Crippen molar-refractivity contribution in [3.05, 3.63) is 42.5 Å². The number of thioether (sulfide) groups is 1. The lowest BCUT2D eigenvalue weighted by Crippen LogP contribution is -2.44. The van der Waals surface area contributed by atoms with Gasteiger partial charge < -0.3 is 5.32 Å². The minimum absolute atomic E-state index is 0.0539. The predicted octanol–water partition coefficient (Wildman–Crippen LogP) is 1.80. The molecule has 9 heteroatoms. The first-order valence-corrected chi connectivity index (χ1v) is 10.1. The van der Waals surface area contributed by atoms with Crippen LogP contribution in [0, 0.1) is 0 Å². The number of nitrogens with one attached hydrogen (secondary N) is 3. The molecule has 0 spiro atoms. The van der Waals surface area contributed by atoms with Gasteiger partial charge in [0.1, 0.15) is 5.54 Å². The number of fused-ring (bicyclic) bond motifs is 1. The second-order valence-electron chi connectivity index (χ2n) is 7.16. The molecule has 1 fully saturated rings. The van der Waals surface area contributed by atoms with Gasteiger partial charge >= 0.3 is 6.03 Å². The summed E-state index contributed by atoms with van der Waals surface area (Å²) in [4.78, 5) is 49.6. The molecule has 1 heterocycles. The molecule has 2 aromatic rings. The Kier molecular flexibility index (Phi) is 6.07. The summed E-state index contributed by atoms with van der Waals surface area (Å²) in [6, 6.07) is 13.4. The lowest BCUT2D eigenvalue weighted by molar-refractivity contribution is -0.131. The molecule has 0 atom stereocenters. The predicted molar refractivity (Wildman–Crippen MR) is 110 cm³/mol. The first-order chi connectivity index (χ1) is 13.8. The van der Waals surface area contributed by atoms with Crippen LogP contribution in [0.1, 0.15) is 20.3 Å². The second kappa shape index (κ2) is 8.52. The molecule has 2 aromatic carbocycles. The fourth-order valence-corrected chi connectivity index (χ4v) is 3.62. The summed E-state index contributed by atoms with van der Waals surface area (Å²) < 4.78 is 0. The number of carbonyl (C=O) groups excluding carboxylic acids is 4. The molecule has 0 saturated carbocycles. The van der Waals surface area contributed by atoms with Gasteiger partial charge in [0.2, 0.25) is 11.8 Å². The van der Waals surface area contributed by atoms with Gasteiger partial charge in [0.15, 0.2) is 0 Å². The summed E-state index contributed by atoms with van der Waals surface area (Å²) >= 11 is 1.36. The van der Waals surface area contributed by atoms with Gasteiger partial charge in [-0.3, -0.25) is 30.1 Å². The molecule has 1 aliphatic rings. The number of imide groups is 1. The number of hydrogen-bond donors (Lipinski definition) is 3. The van der Waals surface area contributed by atoms with Gasteiger partial charge in [-0.2, -0.15) is 0 Å². The van der Waals surface area contributed by atoms with Crippen molar-refractivity contribution in [1.29, 1.82) is 0 Å². The van der Waals surface area contributed by atoms with E-state index in [-0.39, 0.29) is 30.5 Å². The van der Waals surface area contributed by atoms with Crippen molar-refractivity contribution in [2.45, 2.75) is 30.7 Å². The van der Waals surface area contributed by atoms with Crippen molar-refractivity contribution in [2.75, 3.05) is 12.3 Å². The Labute approximate surface area is 172 Å². The first-order valence-electron chi connectivity index (χ1n) is 9.10. The van der Waals surface area contributed by atoms with E-state index in [0.29, 0.717) is 0 Å². The molecule has 3 rings (SSSR count). The van der Waals surface area contributed by atoms with Gasteiger partial charge in [-0.25, -0.2) is 4.79 Å². The van der Waals surface area contributed by atoms with Crippen molar-refractivity contribution >= 4 is 46.3 Å². The molecule has 29 heavy (non-hydrogen) atoms. The molecule has 0 aliphatic carbocycles. The van der Waals surface area contributed by atoms with E-state index in [2.05, 4.69) is 16.2 Å². The minimum Gasteiger partial charge on any atom is -0.324 e. The molecule has 1 aliphatic heterocycles. The first kappa shape index (κ1) is 20.7. The molecule has 8 nitrogen and oxygen atoms in total. The maximum atomic E-state index is 12.1. The zero-order valence-electron chi connectivity index (χ0n) is 16.2. The van der Waals surface area contributed by atoms with E-state index in [1.807, 2.05) is 42.5 Å². The summed E-state index contributed by atoms with van der Waals surface area (Å²) in [5.41, 5.74) is 3.67. The quantitative estimate of drug-likeness (QED) is 0.380. The zero-order chi connectivity index (χ0) is 21.0. The van der Waals surface area contributed by atoms with Gasteiger partial charge in [0.05, 0.1) is 5.75 Å². The molecule has 5 amide bonds. The molecule has 3 N–H and O–H groups in total. The largest absolute Gasteiger partial charge is 0.325 e. The van der Waals surface area contributed by atoms with Crippen LogP contribution in [0.3, 0.4) is 0 Å². The Hall–Kier alpha value is -3.07. The number of amides is 5.